The average molecular weight is 257 g/mol. The zero-order chi connectivity index (χ0) is 12.7. The number of hydrogen-bond acceptors (Lipinski definition) is 4. The van der Waals surface area contributed by atoms with E-state index >= 15 is 0 Å². The number of hydrogen-bond donors (Lipinski definition) is 1. The molecule has 0 saturated heterocycles. The summed E-state index contributed by atoms with van der Waals surface area (Å²) in [7, 11) is 3.08. The number of halogens is 1. The quantitative estimate of drug-likeness (QED) is 0.625. The van der Waals surface area contributed by atoms with Gasteiger partial charge < -0.3 is 10.1 Å². The maximum absolute atomic E-state index is 12.9. The molecule has 0 radical (unpaired) electrons. The molecule has 0 amide bonds. The first-order valence-corrected chi connectivity index (χ1v) is 6.29. The molecule has 0 bridgehead atoms. The van der Waals surface area contributed by atoms with E-state index in [1.165, 1.54) is 31.0 Å². The summed E-state index contributed by atoms with van der Waals surface area (Å²) in [5.41, 5.74) is 0. The van der Waals surface area contributed by atoms with Crippen LogP contribution in [0.1, 0.15) is 6.42 Å². The largest absolute Gasteiger partial charge is 0.468 e. The third kappa shape index (κ3) is 4.75. The Kier molecular flexibility index (Phi) is 6.00. The number of ether oxygens (including phenoxy) is 1. The van der Waals surface area contributed by atoms with Gasteiger partial charge in [-0.15, -0.1) is 11.8 Å². The van der Waals surface area contributed by atoms with E-state index in [0.717, 1.165) is 10.6 Å². The summed E-state index contributed by atoms with van der Waals surface area (Å²) in [6.07, 6.45) is 0.643. The number of carbonyl (C=O) groups excluding carboxylic acids is 1. The predicted molar refractivity (Wildman–Crippen MR) is 66.6 cm³/mol. The summed E-state index contributed by atoms with van der Waals surface area (Å²) in [6, 6.07) is 6.11. The van der Waals surface area contributed by atoms with Gasteiger partial charge in [0.05, 0.1) is 7.11 Å². The number of benzene rings is 1. The third-order valence-electron chi connectivity index (χ3n) is 2.31. The van der Waals surface area contributed by atoms with Crippen LogP contribution in [-0.4, -0.2) is 31.9 Å². The van der Waals surface area contributed by atoms with Gasteiger partial charge in [-0.25, -0.2) is 4.39 Å². The normalized spacial score (nSPS) is 12.2. The number of likely N-dealkylation sites (N-methyl/N-ethyl adjacent to an activating group) is 1. The van der Waals surface area contributed by atoms with Gasteiger partial charge in [0.1, 0.15) is 11.9 Å². The Morgan fingerprint density at radius 1 is 1.59 bits per heavy atom. The Labute approximate surface area is 105 Å². The fourth-order valence-corrected chi connectivity index (χ4v) is 2.33. The van der Waals surface area contributed by atoms with E-state index < -0.39 is 0 Å². The zero-order valence-electron chi connectivity index (χ0n) is 9.90. The van der Waals surface area contributed by atoms with Gasteiger partial charge in [-0.1, -0.05) is 6.07 Å². The molecule has 0 aliphatic heterocycles. The summed E-state index contributed by atoms with van der Waals surface area (Å²) in [6.45, 7) is 0. The van der Waals surface area contributed by atoms with Crippen molar-refractivity contribution in [2.45, 2.75) is 17.4 Å². The molecule has 1 unspecified atom stereocenters. The van der Waals surface area contributed by atoms with Crippen LogP contribution < -0.4 is 5.32 Å². The Morgan fingerprint density at radius 2 is 2.35 bits per heavy atom. The Bertz CT molecular complexity index is 373. The van der Waals surface area contributed by atoms with Crippen molar-refractivity contribution < 1.29 is 13.9 Å². The van der Waals surface area contributed by atoms with E-state index in [9.17, 15) is 9.18 Å². The van der Waals surface area contributed by atoms with E-state index in [2.05, 4.69) is 10.1 Å². The highest BCUT2D eigenvalue weighted by atomic mass is 32.2. The van der Waals surface area contributed by atoms with Crippen molar-refractivity contribution in [3.63, 3.8) is 0 Å². The molecule has 0 aliphatic carbocycles. The summed E-state index contributed by atoms with van der Waals surface area (Å²) in [5, 5.41) is 2.89. The highest BCUT2D eigenvalue weighted by molar-refractivity contribution is 7.99. The molecule has 1 N–H and O–H groups in total. The van der Waals surface area contributed by atoms with Gasteiger partial charge in [0.15, 0.2) is 0 Å². The Hall–Kier alpha value is -1.07. The molecule has 1 atom stereocenters. The molecular formula is C12H16FNO2S. The van der Waals surface area contributed by atoms with E-state index in [4.69, 9.17) is 0 Å². The maximum Gasteiger partial charge on any atom is 0.322 e. The molecular weight excluding hydrogens is 241 g/mol. The average Bonchev–Trinajstić information content (AvgIpc) is 2.34. The molecule has 0 saturated carbocycles. The molecule has 5 heteroatoms. The van der Waals surface area contributed by atoms with Crippen molar-refractivity contribution in [3.8, 4) is 0 Å². The molecule has 3 nitrogen and oxygen atoms in total. The molecule has 17 heavy (non-hydrogen) atoms. The minimum Gasteiger partial charge on any atom is -0.468 e. The van der Waals surface area contributed by atoms with Crippen LogP contribution in [0.5, 0.6) is 0 Å². The minimum atomic E-state index is -0.305. The SMILES string of the molecule is CNC(CCSc1cccc(F)c1)C(=O)OC. The highest BCUT2D eigenvalue weighted by Crippen LogP contribution is 2.20. The second kappa shape index (κ2) is 7.29. The lowest BCUT2D eigenvalue weighted by Gasteiger charge is -2.12. The molecule has 0 spiro atoms. The van der Waals surface area contributed by atoms with Crippen LogP contribution in [0.2, 0.25) is 0 Å². The van der Waals surface area contributed by atoms with Crippen LogP contribution in [0.4, 0.5) is 4.39 Å². The maximum atomic E-state index is 12.9. The lowest BCUT2D eigenvalue weighted by atomic mass is 10.2. The van der Waals surface area contributed by atoms with Gasteiger partial charge in [-0.3, -0.25) is 4.79 Å². The van der Waals surface area contributed by atoms with Crippen LogP contribution in [0, 0.1) is 5.82 Å². The minimum absolute atomic E-state index is 0.242. The first-order valence-electron chi connectivity index (χ1n) is 5.31. The predicted octanol–water partition coefficient (Wildman–Crippen LogP) is 2.07. The molecule has 0 aromatic heterocycles. The zero-order valence-corrected chi connectivity index (χ0v) is 10.7. The Balaban J connectivity index is 2.38. The van der Waals surface area contributed by atoms with E-state index in [1.54, 1.807) is 13.1 Å². The summed E-state index contributed by atoms with van der Waals surface area (Å²) >= 11 is 1.52. The number of rotatable bonds is 6. The van der Waals surface area contributed by atoms with Gasteiger partial charge in [-0.05, 0) is 31.7 Å². The number of thioether (sulfide) groups is 1. The van der Waals surface area contributed by atoms with Crippen molar-refractivity contribution >= 4 is 17.7 Å². The first-order chi connectivity index (χ1) is 8.17. The van der Waals surface area contributed by atoms with Gasteiger partial charge in [0.2, 0.25) is 0 Å². The van der Waals surface area contributed by atoms with Gasteiger partial charge in [0, 0.05) is 10.6 Å². The second-order valence-corrected chi connectivity index (χ2v) is 4.63. The number of nitrogens with one attached hydrogen (secondary N) is 1. The highest BCUT2D eigenvalue weighted by Gasteiger charge is 2.15. The Morgan fingerprint density at radius 3 is 2.94 bits per heavy atom. The van der Waals surface area contributed by atoms with E-state index in [-0.39, 0.29) is 17.8 Å². The van der Waals surface area contributed by atoms with Crippen LogP contribution in [0.15, 0.2) is 29.2 Å². The number of methoxy groups -OCH3 is 1. The molecule has 1 aromatic carbocycles. The molecule has 0 heterocycles. The lowest BCUT2D eigenvalue weighted by molar-refractivity contribution is -0.143. The van der Waals surface area contributed by atoms with Crippen LogP contribution in [0.25, 0.3) is 0 Å². The van der Waals surface area contributed by atoms with Crippen LogP contribution in [-0.2, 0) is 9.53 Å². The number of carbonyl (C=O) groups is 1. The van der Waals surface area contributed by atoms with Crippen molar-refractivity contribution in [2.24, 2.45) is 0 Å². The van der Waals surface area contributed by atoms with Gasteiger partial charge in [0.25, 0.3) is 0 Å². The standard InChI is InChI=1S/C12H16FNO2S/c1-14-11(12(15)16-2)6-7-17-10-5-3-4-9(13)8-10/h3-5,8,11,14H,6-7H2,1-2H3. The van der Waals surface area contributed by atoms with Crippen molar-refractivity contribution in [1.82, 2.24) is 5.32 Å². The summed E-state index contributed by atoms with van der Waals surface area (Å²) in [5.74, 6) is 0.213. The summed E-state index contributed by atoms with van der Waals surface area (Å²) < 4.78 is 17.6. The third-order valence-corrected chi connectivity index (χ3v) is 3.33. The lowest BCUT2D eigenvalue weighted by Crippen LogP contribution is -2.35. The van der Waals surface area contributed by atoms with Crippen molar-refractivity contribution in [2.75, 3.05) is 19.9 Å². The number of esters is 1. The molecule has 0 fully saturated rings. The van der Waals surface area contributed by atoms with Crippen molar-refractivity contribution in [1.29, 1.82) is 0 Å². The van der Waals surface area contributed by atoms with Gasteiger partial charge >= 0.3 is 5.97 Å². The van der Waals surface area contributed by atoms with Crippen LogP contribution in [0.3, 0.4) is 0 Å². The second-order valence-electron chi connectivity index (χ2n) is 3.46. The van der Waals surface area contributed by atoms with E-state index in [1.807, 2.05) is 6.07 Å². The molecule has 94 valence electrons. The van der Waals surface area contributed by atoms with E-state index in [0.29, 0.717) is 6.42 Å². The summed E-state index contributed by atoms with van der Waals surface area (Å²) in [4.78, 5) is 12.2. The molecule has 1 aromatic rings. The monoisotopic (exact) mass is 257 g/mol. The van der Waals surface area contributed by atoms with Crippen LogP contribution >= 0.6 is 11.8 Å². The smallest absolute Gasteiger partial charge is 0.322 e. The molecule has 0 aliphatic rings. The first kappa shape index (κ1) is 14.0. The molecule has 1 rings (SSSR count). The fraction of sp³-hybridized carbons (Fsp3) is 0.417. The fourth-order valence-electron chi connectivity index (χ4n) is 1.37. The van der Waals surface area contributed by atoms with Gasteiger partial charge in [-0.2, -0.15) is 0 Å². The topological polar surface area (TPSA) is 38.3 Å². The van der Waals surface area contributed by atoms with Crippen molar-refractivity contribution in [3.05, 3.63) is 30.1 Å².